The van der Waals surface area contributed by atoms with Crippen LogP contribution in [0.3, 0.4) is 0 Å². The van der Waals surface area contributed by atoms with Crippen LogP contribution in [0.4, 0.5) is 11.6 Å². The molecule has 2 saturated heterocycles. The molecule has 0 aliphatic carbocycles. The predicted octanol–water partition coefficient (Wildman–Crippen LogP) is 4.25. The van der Waals surface area contributed by atoms with Crippen LogP contribution in [0.2, 0.25) is 0 Å². The van der Waals surface area contributed by atoms with E-state index in [2.05, 4.69) is 53.8 Å². The van der Waals surface area contributed by atoms with E-state index in [4.69, 9.17) is 9.47 Å². The highest BCUT2D eigenvalue weighted by molar-refractivity contribution is 5.95. The SMILES string of the molecule is CC(C)OC(=O)c1cccnc1N1CCN(Cc2ccc(CN3CCN(c4ncccc4C(=O)OC(C)C)CC3)cc2)CC1. The number of ether oxygens (including phenoxy) is 2. The number of hydrogen-bond acceptors (Lipinski definition) is 10. The van der Waals surface area contributed by atoms with Gasteiger partial charge in [-0.3, -0.25) is 9.80 Å². The van der Waals surface area contributed by atoms with Crippen molar-refractivity contribution in [2.75, 3.05) is 62.2 Å². The van der Waals surface area contributed by atoms with Gasteiger partial charge in [0.05, 0.1) is 12.2 Å². The Labute approximate surface area is 260 Å². The van der Waals surface area contributed by atoms with E-state index in [0.29, 0.717) is 22.8 Å². The molecule has 2 aliphatic rings. The monoisotopic (exact) mass is 600 g/mol. The largest absolute Gasteiger partial charge is 0.459 e. The van der Waals surface area contributed by atoms with E-state index in [1.165, 1.54) is 11.1 Å². The Morgan fingerprint density at radius 2 is 0.977 bits per heavy atom. The minimum Gasteiger partial charge on any atom is -0.459 e. The summed E-state index contributed by atoms with van der Waals surface area (Å²) in [5.74, 6) is 0.770. The summed E-state index contributed by atoms with van der Waals surface area (Å²) in [7, 11) is 0. The average molecular weight is 601 g/mol. The number of carbonyl (C=O) groups excluding carboxylic acids is 2. The van der Waals surface area contributed by atoms with Gasteiger partial charge in [-0.2, -0.15) is 0 Å². The highest BCUT2D eigenvalue weighted by atomic mass is 16.5. The molecule has 0 amide bonds. The van der Waals surface area contributed by atoms with Gasteiger partial charge in [0, 0.05) is 77.8 Å². The Hall–Kier alpha value is -4.02. The van der Waals surface area contributed by atoms with Gasteiger partial charge in [0.1, 0.15) is 22.8 Å². The minimum atomic E-state index is -0.321. The predicted molar refractivity (Wildman–Crippen MR) is 171 cm³/mol. The molecule has 1 aromatic carbocycles. The molecule has 44 heavy (non-hydrogen) atoms. The van der Waals surface area contributed by atoms with E-state index in [-0.39, 0.29) is 24.1 Å². The van der Waals surface area contributed by atoms with Crippen LogP contribution in [0, 0.1) is 0 Å². The van der Waals surface area contributed by atoms with Crippen LogP contribution in [-0.4, -0.2) is 96.3 Å². The molecule has 0 saturated carbocycles. The van der Waals surface area contributed by atoms with Gasteiger partial charge in [-0.15, -0.1) is 0 Å². The quantitative estimate of drug-likeness (QED) is 0.315. The lowest BCUT2D eigenvalue weighted by molar-refractivity contribution is 0.0367. The Bertz CT molecular complexity index is 1290. The van der Waals surface area contributed by atoms with Crippen molar-refractivity contribution in [3.63, 3.8) is 0 Å². The van der Waals surface area contributed by atoms with E-state index >= 15 is 0 Å². The van der Waals surface area contributed by atoms with E-state index in [0.717, 1.165) is 65.4 Å². The highest BCUT2D eigenvalue weighted by Crippen LogP contribution is 2.23. The molecule has 0 bridgehead atoms. The van der Waals surface area contributed by atoms with Crippen LogP contribution < -0.4 is 9.80 Å². The van der Waals surface area contributed by atoms with Gasteiger partial charge in [0.25, 0.3) is 0 Å². The molecule has 0 atom stereocenters. The Morgan fingerprint density at radius 1 is 0.614 bits per heavy atom. The first-order valence-corrected chi connectivity index (χ1v) is 15.6. The molecule has 2 aromatic heterocycles. The van der Waals surface area contributed by atoms with Gasteiger partial charge < -0.3 is 19.3 Å². The van der Waals surface area contributed by atoms with Crippen LogP contribution >= 0.6 is 0 Å². The van der Waals surface area contributed by atoms with Crippen LogP contribution in [-0.2, 0) is 22.6 Å². The lowest BCUT2D eigenvalue weighted by Crippen LogP contribution is -2.47. The summed E-state index contributed by atoms with van der Waals surface area (Å²) >= 11 is 0. The highest BCUT2D eigenvalue weighted by Gasteiger charge is 2.25. The van der Waals surface area contributed by atoms with Gasteiger partial charge in [-0.1, -0.05) is 24.3 Å². The third-order valence-electron chi connectivity index (χ3n) is 7.88. The van der Waals surface area contributed by atoms with Crippen molar-refractivity contribution >= 4 is 23.6 Å². The topological polar surface area (TPSA) is 91.3 Å². The van der Waals surface area contributed by atoms with Gasteiger partial charge >= 0.3 is 11.9 Å². The van der Waals surface area contributed by atoms with Crippen molar-refractivity contribution in [1.82, 2.24) is 19.8 Å². The number of pyridine rings is 2. The third kappa shape index (κ3) is 8.12. The fourth-order valence-electron chi connectivity index (χ4n) is 5.67. The minimum absolute atomic E-state index is 0.169. The number of carbonyl (C=O) groups is 2. The zero-order valence-electron chi connectivity index (χ0n) is 26.3. The summed E-state index contributed by atoms with van der Waals surface area (Å²) in [5.41, 5.74) is 3.64. The second kappa shape index (κ2) is 14.6. The van der Waals surface area contributed by atoms with E-state index < -0.39 is 0 Å². The number of esters is 2. The van der Waals surface area contributed by atoms with E-state index in [1.807, 2.05) is 27.7 Å². The van der Waals surface area contributed by atoms with Crippen molar-refractivity contribution < 1.29 is 19.1 Å². The average Bonchev–Trinajstić information content (AvgIpc) is 3.02. The second-order valence-electron chi connectivity index (χ2n) is 12.0. The Morgan fingerprint density at radius 3 is 1.32 bits per heavy atom. The second-order valence-corrected chi connectivity index (χ2v) is 12.0. The lowest BCUT2D eigenvalue weighted by atomic mass is 10.1. The first-order chi connectivity index (χ1) is 21.3. The number of anilines is 2. The maximum absolute atomic E-state index is 12.6. The van der Waals surface area contributed by atoms with Crippen molar-refractivity contribution in [1.29, 1.82) is 0 Å². The number of rotatable bonds is 10. The molecule has 0 unspecified atom stereocenters. The van der Waals surface area contributed by atoms with Gasteiger partial charge in [0.2, 0.25) is 0 Å². The molecule has 3 aromatic rings. The molecule has 0 N–H and O–H groups in total. The summed E-state index contributed by atoms with van der Waals surface area (Å²) in [4.78, 5) is 43.5. The number of hydrogen-bond donors (Lipinski definition) is 0. The summed E-state index contributed by atoms with van der Waals surface area (Å²) < 4.78 is 10.9. The summed E-state index contributed by atoms with van der Waals surface area (Å²) in [6, 6.07) is 16.1. The first kappa shape index (κ1) is 31.4. The van der Waals surface area contributed by atoms with E-state index in [1.54, 1.807) is 36.7 Å². The smallest absolute Gasteiger partial charge is 0.342 e. The standard InChI is InChI=1S/C34H44N6O4/c1-25(2)43-33(41)29-7-5-13-35-31(29)39-19-15-37(16-20-39)23-27-9-11-28(12-10-27)24-38-17-21-40(22-18-38)32-30(8-6-14-36-32)34(42)44-26(3)4/h5-14,25-26H,15-24H2,1-4H3. The molecule has 10 heteroatoms. The molecular weight excluding hydrogens is 556 g/mol. The van der Waals surface area contributed by atoms with Crippen molar-refractivity contribution in [2.24, 2.45) is 0 Å². The van der Waals surface area contributed by atoms with Crippen LogP contribution in [0.1, 0.15) is 59.5 Å². The van der Waals surface area contributed by atoms with Crippen molar-refractivity contribution in [3.8, 4) is 0 Å². The van der Waals surface area contributed by atoms with Crippen LogP contribution in [0.5, 0.6) is 0 Å². The summed E-state index contributed by atoms with van der Waals surface area (Å²) in [5, 5.41) is 0. The van der Waals surface area contributed by atoms with Gasteiger partial charge in [0.15, 0.2) is 0 Å². The Balaban J connectivity index is 1.09. The van der Waals surface area contributed by atoms with Crippen molar-refractivity contribution in [2.45, 2.75) is 53.0 Å². The van der Waals surface area contributed by atoms with E-state index in [9.17, 15) is 9.59 Å². The number of nitrogens with zero attached hydrogens (tertiary/aromatic N) is 6. The van der Waals surface area contributed by atoms with Crippen molar-refractivity contribution in [3.05, 3.63) is 83.2 Å². The Kier molecular flexibility index (Phi) is 10.4. The summed E-state index contributed by atoms with van der Waals surface area (Å²) in [6.07, 6.45) is 3.13. The van der Waals surface area contributed by atoms with Gasteiger partial charge in [-0.05, 0) is 63.1 Å². The normalized spacial score (nSPS) is 16.4. The van der Waals surface area contributed by atoms with Crippen LogP contribution in [0.25, 0.3) is 0 Å². The number of aromatic nitrogens is 2. The fourth-order valence-corrected chi connectivity index (χ4v) is 5.67. The zero-order chi connectivity index (χ0) is 31.1. The number of piperazine rings is 2. The number of benzene rings is 1. The molecule has 234 valence electrons. The molecule has 0 spiro atoms. The summed E-state index contributed by atoms with van der Waals surface area (Å²) in [6.45, 7) is 16.0. The maximum atomic E-state index is 12.6. The first-order valence-electron chi connectivity index (χ1n) is 15.6. The maximum Gasteiger partial charge on any atom is 0.342 e. The molecule has 0 radical (unpaired) electrons. The lowest BCUT2D eigenvalue weighted by Gasteiger charge is -2.36. The van der Waals surface area contributed by atoms with Gasteiger partial charge in [-0.25, -0.2) is 19.6 Å². The third-order valence-corrected chi connectivity index (χ3v) is 7.88. The molecule has 2 fully saturated rings. The fraction of sp³-hybridized carbons (Fsp3) is 0.471. The van der Waals surface area contributed by atoms with Crippen LogP contribution in [0.15, 0.2) is 60.9 Å². The molecule has 2 aliphatic heterocycles. The molecule has 10 nitrogen and oxygen atoms in total. The molecule has 4 heterocycles. The zero-order valence-corrected chi connectivity index (χ0v) is 26.3. The molecule has 5 rings (SSSR count). The molecular formula is C34H44N6O4.